The van der Waals surface area contributed by atoms with E-state index in [-0.39, 0.29) is 0 Å². The van der Waals surface area contributed by atoms with Crippen LogP contribution in [0.15, 0.2) is 18.2 Å². The molecule has 1 aromatic carbocycles. The number of methoxy groups -OCH3 is 1. The standard InChI is InChI=1S/C14H18ClN3O2/c1-4-18-12(14(15)9(2)17-18)8-20-10-5-6-13(19-3)11(16)7-10/h5-7H,4,8,16H2,1-3H3. The monoisotopic (exact) mass is 295 g/mol. The van der Waals surface area contributed by atoms with Gasteiger partial charge in [0.05, 0.1) is 29.2 Å². The zero-order chi connectivity index (χ0) is 14.7. The molecular weight excluding hydrogens is 278 g/mol. The van der Waals surface area contributed by atoms with Gasteiger partial charge in [-0.1, -0.05) is 11.6 Å². The van der Waals surface area contributed by atoms with Crippen LogP contribution in [0.3, 0.4) is 0 Å². The highest BCUT2D eigenvalue weighted by molar-refractivity contribution is 6.31. The Morgan fingerprint density at radius 1 is 1.40 bits per heavy atom. The summed E-state index contributed by atoms with van der Waals surface area (Å²) in [6, 6.07) is 5.31. The number of ether oxygens (including phenoxy) is 2. The first-order chi connectivity index (χ1) is 9.56. The minimum absolute atomic E-state index is 0.347. The molecule has 0 aliphatic carbocycles. The number of rotatable bonds is 5. The highest BCUT2D eigenvalue weighted by Crippen LogP contribution is 2.27. The number of hydrogen-bond donors (Lipinski definition) is 1. The molecule has 108 valence electrons. The Labute approximate surface area is 123 Å². The molecule has 0 saturated heterocycles. The van der Waals surface area contributed by atoms with E-state index >= 15 is 0 Å². The summed E-state index contributed by atoms with van der Waals surface area (Å²) in [6.07, 6.45) is 0. The van der Waals surface area contributed by atoms with Crippen molar-refractivity contribution in [1.29, 1.82) is 0 Å². The molecule has 0 saturated carbocycles. The van der Waals surface area contributed by atoms with Gasteiger partial charge in [-0.25, -0.2) is 0 Å². The molecule has 2 N–H and O–H groups in total. The smallest absolute Gasteiger partial charge is 0.142 e. The first-order valence-corrected chi connectivity index (χ1v) is 6.72. The molecular formula is C14H18ClN3O2. The van der Waals surface area contributed by atoms with Gasteiger partial charge in [-0.05, 0) is 26.0 Å². The Morgan fingerprint density at radius 2 is 2.15 bits per heavy atom. The fraction of sp³-hybridized carbons (Fsp3) is 0.357. The SMILES string of the molecule is CCn1nc(C)c(Cl)c1COc1ccc(OC)c(N)c1. The summed E-state index contributed by atoms with van der Waals surface area (Å²) < 4.78 is 12.7. The number of anilines is 1. The summed E-state index contributed by atoms with van der Waals surface area (Å²) in [5.74, 6) is 1.30. The molecule has 5 nitrogen and oxygen atoms in total. The number of aryl methyl sites for hydroxylation is 2. The minimum atomic E-state index is 0.347. The van der Waals surface area contributed by atoms with Crippen molar-refractivity contribution in [2.45, 2.75) is 27.0 Å². The fourth-order valence-corrected chi connectivity index (χ4v) is 2.15. The largest absolute Gasteiger partial charge is 0.495 e. The number of aromatic nitrogens is 2. The average molecular weight is 296 g/mol. The number of benzene rings is 1. The van der Waals surface area contributed by atoms with Crippen LogP contribution < -0.4 is 15.2 Å². The normalized spacial score (nSPS) is 10.6. The number of nitrogens with two attached hydrogens (primary N) is 1. The van der Waals surface area contributed by atoms with Crippen LogP contribution in [0, 0.1) is 6.92 Å². The van der Waals surface area contributed by atoms with Crippen molar-refractivity contribution in [2.24, 2.45) is 0 Å². The summed E-state index contributed by atoms with van der Waals surface area (Å²) in [5.41, 5.74) is 8.05. The molecule has 0 spiro atoms. The van der Waals surface area contributed by atoms with E-state index in [1.807, 2.05) is 24.6 Å². The molecule has 0 aliphatic rings. The van der Waals surface area contributed by atoms with Crippen LogP contribution in [-0.2, 0) is 13.2 Å². The molecule has 0 radical (unpaired) electrons. The topological polar surface area (TPSA) is 62.3 Å². The van der Waals surface area contributed by atoms with Gasteiger partial charge in [-0.2, -0.15) is 5.10 Å². The lowest BCUT2D eigenvalue weighted by Crippen LogP contribution is -2.06. The van der Waals surface area contributed by atoms with E-state index in [2.05, 4.69) is 5.10 Å². The van der Waals surface area contributed by atoms with Gasteiger partial charge in [0, 0.05) is 12.6 Å². The lowest BCUT2D eigenvalue weighted by atomic mass is 10.3. The van der Waals surface area contributed by atoms with E-state index in [1.165, 1.54) is 0 Å². The van der Waals surface area contributed by atoms with Crippen molar-refractivity contribution in [3.05, 3.63) is 34.6 Å². The van der Waals surface area contributed by atoms with Crippen LogP contribution in [0.2, 0.25) is 5.02 Å². The molecule has 0 atom stereocenters. The van der Waals surface area contributed by atoms with Crippen LogP contribution in [0.1, 0.15) is 18.3 Å². The quantitative estimate of drug-likeness (QED) is 0.861. The van der Waals surface area contributed by atoms with E-state index in [1.54, 1.807) is 19.2 Å². The van der Waals surface area contributed by atoms with Gasteiger partial charge in [-0.3, -0.25) is 4.68 Å². The second kappa shape index (κ2) is 6.05. The van der Waals surface area contributed by atoms with Gasteiger partial charge in [0.2, 0.25) is 0 Å². The third-order valence-corrected chi connectivity index (χ3v) is 3.52. The fourth-order valence-electron chi connectivity index (χ4n) is 1.96. The van der Waals surface area contributed by atoms with Gasteiger partial charge in [-0.15, -0.1) is 0 Å². The molecule has 2 aromatic rings. The van der Waals surface area contributed by atoms with E-state index in [0.717, 1.165) is 17.9 Å². The molecule has 2 rings (SSSR count). The zero-order valence-electron chi connectivity index (χ0n) is 11.8. The highest BCUT2D eigenvalue weighted by atomic mass is 35.5. The number of nitrogens with zero attached hydrogens (tertiary/aromatic N) is 2. The minimum Gasteiger partial charge on any atom is -0.495 e. The third-order valence-electron chi connectivity index (χ3n) is 3.03. The van der Waals surface area contributed by atoms with Gasteiger partial charge >= 0.3 is 0 Å². The van der Waals surface area contributed by atoms with Gasteiger partial charge < -0.3 is 15.2 Å². The molecule has 6 heteroatoms. The van der Waals surface area contributed by atoms with Gasteiger partial charge in [0.1, 0.15) is 18.1 Å². The Balaban J connectivity index is 2.14. The van der Waals surface area contributed by atoms with Crippen LogP contribution in [-0.4, -0.2) is 16.9 Å². The third kappa shape index (κ3) is 2.82. The Hall–Kier alpha value is -1.88. The molecule has 0 fully saturated rings. The maximum absolute atomic E-state index is 6.23. The van der Waals surface area contributed by atoms with E-state index in [4.69, 9.17) is 26.8 Å². The summed E-state index contributed by atoms with van der Waals surface area (Å²) >= 11 is 6.23. The first-order valence-electron chi connectivity index (χ1n) is 6.34. The molecule has 1 aromatic heterocycles. The van der Waals surface area contributed by atoms with Crippen molar-refractivity contribution in [2.75, 3.05) is 12.8 Å². The lowest BCUT2D eigenvalue weighted by Gasteiger charge is -2.10. The van der Waals surface area contributed by atoms with E-state index in [9.17, 15) is 0 Å². The Kier molecular flexibility index (Phi) is 4.39. The Bertz CT molecular complexity index is 611. The van der Waals surface area contributed by atoms with Crippen molar-refractivity contribution in [3.8, 4) is 11.5 Å². The summed E-state index contributed by atoms with van der Waals surface area (Å²) in [4.78, 5) is 0. The number of nitrogen functional groups attached to an aromatic ring is 1. The second-order valence-corrected chi connectivity index (χ2v) is 4.73. The summed E-state index contributed by atoms with van der Waals surface area (Å²) in [7, 11) is 1.58. The van der Waals surface area contributed by atoms with Crippen molar-refractivity contribution in [1.82, 2.24) is 9.78 Å². The maximum atomic E-state index is 6.23. The molecule has 0 aliphatic heterocycles. The van der Waals surface area contributed by atoms with Crippen molar-refractivity contribution >= 4 is 17.3 Å². The molecule has 20 heavy (non-hydrogen) atoms. The summed E-state index contributed by atoms with van der Waals surface area (Å²) in [5, 5.41) is 4.99. The number of halogens is 1. The lowest BCUT2D eigenvalue weighted by molar-refractivity contribution is 0.292. The predicted octanol–water partition coefficient (Wildman–Crippen LogP) is 3.03. The average Bonchev–Trinajstić information content (AvgIpc) is 2.72. The number of hydrogen-bond acceptors (Lipinski definition) is 4. The van der Waals surface area contributed by atoms with Crippen molar-refractivity contribution < 1.29 is 9.47 Å². The van der Waals surface area contributed by atoms with Crippen LogP contribution >= 0.6 is 11.6 Å². The Morgan fingerprint density at radius 3 is 2.75 bits per heavy atom. The molecule has 0 unspecified atom stereocenters. The van der Waals surface area contributed by atoms with E-state index < -0.39 is 0 Å². The van der Waals surface area contributed by atoms with Crippen LogP contribution in [0.4, 0.5) is 5.69 Å². The van der Waals surface area contributed by atoms with E-state index in [0.29, 0.717) is 28.8 Å². The van der Waals surface area contributed by atoms with Crippen molar-refractivity contribution in [3.63, 3.8) is 0 Å². The predicted molar refractivity (Wildman–Crippen MR) is 79.4 cm³/mol. The van der Waals surface area contributed by atoms with Crippen LogP contribution in [0.25, 0.3) is 0 Å². The first kappa shape index (κ1) is 14.5. The second-order valence-electron chi connectivity index (χ2n) is 4.35. The maximum Gasteiger partial charge on any atom is 0.142 e. The highest BCUT2D eigenvalue weighted by Gasteiger charge is 2.13. The molecule has 0 bridgehead atoms. The van der Waals surface area contributed by atoms with Gasteiger partial charge in [0.15, 0.2) is 0 Å². The summed E-state index contributed by atoms with van der Waals surface area (Å²) in [6.45, 7) is 4.98. The van der Waals surface area contributed by atoms with Crippen LogP contribution in [0.5, 0.6) is 11.5 Å². The zero-order valence-corrected chi connectivity index (χ0v) is 12.6. The molecule has 0 amide bonds. The molecule has 1 heterocycles. The van der Waals surface area contributed by atoms with Gasteiger partial charge in [0.25, 0.3) is 0 Å².